The Hall–Kier alpha value is -1.42. The number of amides is 1. The lowest BCUT2D eigenvalue weighted by atomic mass is 10.1. The lowest BCUT2D eigenvalue weighted by Crippen LogP contribution is -2.42. The largest absolute Gasteiger partial charge is 0.391 e. The van der Waals surface area contributed by atoms with Gasteiger partial charge in [0.25, 0.3) is 5.91 Å². The van der Waals surface area contributed by atoms with Crippen LogP contribution in [0.2, 0.25) is 0 Å². The predicted molar refractivity (Wildman–Crippen MR) is 64.3 cm³/mol. The molecular weight excluding hydrogens is 221 g/mol. The average molecular weight is 239 g/mol. The van der Waals surface area contributed by atoms with E-state index in [1.165, 1.54) is 13.8 Å². The van der Waals surface area contributed by atoms with Gasteiger partial charge in [0.15, 0.2) is 5.67 Å². The molecule has 0 spiro atoms. The van der Waals surface area contributed by atoms with Gasteiger partial charge in [-0.25, -0.2) is 4.39 Å². The topological polar surface area (TPSA) is 49.3 Å². The number of carbonyl (C=O) groups excluding carboxylic acids is 1. The minimum atomic E-state index is -1.91. The van der Waals surface area contributed by atoms with Crippen LogP contribution in [0.5, 0.6) is 0 Å². The fourth-order valence-corrected chi connectivity index (χ4v) is 1.38. The highest BCUT2D eigenvalue weighted by molar-refractivity contribution is 5.84. The highest BCUT2D eigenvalue weighted by atomic mass is 19.1. The standard InChI is InChI=1S/C13H18FNO2/c1-13(2,14)12(17)15-9-11(16)8-10-6-4-3-5-7-10/h3-7,11,16H,8-9H2,1-2H3,(H,15,17). The molecule has 0 aliphatic carbocycles. The van der Waals surface area contributed by atoms with Gasteiger partial charge in [0.2, 0.25) is 0 Å². The maximum Gasteiger partial charge on any atom is 0.257 e. The lowest BCUT2D eigenvalue weighted by Gasteiger charge is -2.16. The number of rotatable bonds is 5. The van der Waals surface area contributed by atoms with Crippen molar-refractivity contribution in [3.05, 3.63) is 35.9 Å². The van der Waals surface area contributed by atoms with E-state index in [0.29, 0.717) is 6.42 Å². The summed E-state index contributed by atoms with van der Waals surface area (Å²) in [6.07, 6.45) is -0.267. The third-order valence-corrected chi connectivity index (χ3v) is 2.35. The van der Waals surface area contributed by atoms with Crippen molar-refractivity contribution in [1.82, 2.24) is 5.32 Å². The van der Waals surface area contributed by atoms with Crippen LogP contribution in [0.25, 0.3) is 0 Å². The number of halogens is 1. The molecule has 3 nitrogen and oxygen atoms in total. The Morgan fingerprint density at radius 3 is 2.53 bits per heavy atom. The van der Waals surface area contributed by atoms with E-state index in [2.05, 4.69) is 5.32 Å². The summed E-state index contributed by atoms with van der Waals surface area (Å²) in [5, 5.41) is 12.1. The Labute approximate surface area is 101 Å². The van der Waals surface area contributed by atoms with Crippen molar-refractivity contribution in [2.75, 3.05) is 6.54 Å². The van der Waals surface area contributed by atoms with Crippen LogP contribution in [0.1, 0.15) is 19.4 Å². The third kappa shape index (κ3) is 4.95. The summed E-state index contributed by atoms with van der Waals surface area (Å²) in [6, 6.07) is 9.44. The van der Waals surface area contributed by atoms with Crippen LogP contribution in [-0.2, 0) is 11.2 Å². The molecule has 1 rings (SSSR count). The van der Waals surface area contributed by atoms with E-state index in [-0.39, 0.29) is 6.54 Å². The highest BCUT2D eigenvalue weighted by Crippen LogP contribution is 2.08. The van der Waals surface area contributed by atoms with Crippen molar-refractivity contribution >= 4 is 5.91 Å². The van der Waals surface area contributed by atoms with E-state index in [0.717, 1.165) is 5.56 Å². The van der Waals surface area contributed by atoms with Crippen LogP contribution >= 0.6 is 0 Å². The summed E-state index contributed by atoms with van der Waals surface area (Å²) >= 11 is 0. The number of alkyl halides is 1. The average Bonchev–Trinajstić information content (AvgIpc) is 2.26. The van der Waals surface area contributed by atoms with Crippen LogP contribution in [-0.4, -0.2) is 29.3 Å². The first-order valence-corrected chi connectivity index (χ1v) is 5.59. The molecule has 1 aromatic carbocycles. The SMILES string of the molecule is CC(C)(F)C(=O)NCC(O)Cc1ccccc1. The van der Waals surface area contributed by atoms with E-state index in [1.807, 2.05) is 30.3 Å². The first kappa shape index (κ1) is 13.6. The quantitative estimate of drug-likeness (QED) is 0.817. The van der Waals surface area contributed by atoms with Gasteiger partial charge in [-0.05, 0) is 19.4 Å². The summed E-state index contributed by atoms with van der Waals surface area (Å²) in [7, 11) is 0. The molecule has 0 fully saturated rings. The molecule has 94 valence electrons. The fourth-order valence-electron chi connectivity index (χ4n) is 1.38. The van der Waals surface area contributed by atoms with Gasteiger partial charge in [-0.1, -0.05) is 30.3 Å². The first-order valence-electron chi connectivity index (χ1n) is 5.59. The number of carbonyl (C=O) groups is 1. The van der Waals surface area contributed by atoms with Gasteiger partial charge in [0.05, 0.1) is 6.10 Å². The summed E-state index contributed by atoms with van der Waals surface area (Å²) in [5.74, 6) is -0.704. The molecule has 0 aromatic heterocycles. The van der Waals surface area contributed by atoms with E-state index in [4.69, 9.17) is 0 Å². The van der Waals surface area contributed by atoms with E-state index in [1.54, 1.807) is 0 Å². The number of benzene rings is 1. The Bertz CT molecular complexity index is 359. The van der Waals surface area contributed by atoms with Crippen LogP contribution in [0.3, 0.4) is 0 Å². The van der Waals surface area contributed by atoms with Crippen molar-refractivity contribution in [2.24, 2.45) is 0 Å². The monoisotopic (exact) mass is 239 g/mol. The van der Waals surface area contributed by atoms with Crippen LogP contribution in [0, 0.1) is 0 Å². The molecule has 17 heavy (non-hydrogen) atoms. The van der Waals surface area contributed by atoms with Gasteiger partial charge in [0, 0.05) is 13.0 Å². The molecule has 0 bridgehead atoms. The van der Waals surface area contributed by atoms with Crippen molar-refractivity contribution in [2.45, 2.75) is 32.0 Å². The van der Waals surface area contributed by atoms with Gasteiger partial charge in [-0.3, -0.25) is 4.79 Å². The second-order valence-electron chi connectivity index (χ2n) is 4.53. The van der Waals surface area contributed by atoms with Gasteiger partial charge in [0.1, 0.15) is 0 Å². The zero-order chi connectivity index (χ0) is 12.9. The normalized spacial score (nSPS) is 13.2. The Morgan fingerprint density at radius 1 is 1.41 bits per heavy atom. The molecule has 0 aliphatic heterocycles. The molecule has 1 aromatic rings. The number of hydrogen-bond acceptors (Lipinski definition) is 2. The summed E-state index contributed by atoms with van der Waals surface area (Å²) in [5.41, 5.74) is -0.930. The smallest absolute Gasteiger partial charge is 0.257 e. The number of aliphatic hydroxyl groups excluding tert-OH is 1. The van der Waals surface area contributed by atoms with Gasteiger partial charge >= 0.3 is 0 Å². The fraction of sp³-hybridized carbons (Fsp3) is 0.462. The van der Waals surface area contributed by atoms with Crippen molar-refractivity contribution in [1.29, 1.82) is 0 Å². The molecule has 1 atom stereocenters. The highest BCUT2D eigenvalue weighted by Gasteiger charge is 2.26. The van der Waals surface area contributed by atoms with Crippen LogP contribution < -0.4 is 5.32 Å². The number of nitrogens with one attached hydrogen (secondary N) is 1. The zero-order valence-electron chi connectivity index (χ0n) is 10.1. The summed E-state index contributed by atoms with van der Waals surface area (Å²) < 4.78 is 13.2. The molecule has 1 amide bonds. The van der Waals surface area contributed by atoms with E-state index < -0.39 is 17.7 Å². The number of aliphatic hydroxyl groups is 1. The molecular formula is C13H18FNO2. The van der Waals surface area contributed by atoms with E-state index >= 15 is 0 Å². The van der Waals surface area contributed by atoms with Gasteiger partial charge in [-0.2, -0.15) is 0 Å². The molecule has 1 unspecified atom stereocenters. The van der Waals surface area contributed by atoms with Gasteiger partial charge in [-0.15, -0.1) is 0 Å². The molecule has 0 radical (unpaired) electrons. The molecule has 2 N–H and O–H groups in total. The number of hydrogen-bond donors (Lipinski definition) is 2. The molecule has 0 saturated carbocycles. The summed E-state index contributed by atoms with van der Waals surface area (Å²) in [4.78, 5) is 11.2. The third-order valence-electron chi connectivity index (χ3n) is 2.35. The summed E-state index contributed by atoms with van der Waals surface area (Å²) in [6.45, 7) is 2.43. The minimum Gasteiger partial charge on any atom is -0.391 e. The maximum absolute atomic E-state index is 13.2. The van der Waals surface area contributed by atoms with Crippen molar-refractivity contribution < 1.29 is 14.3 Å². The zero-order valence-corrected chi connectivity index (χ0v) is 10.1. The molecule has 4 heteroatoms. The Morgan fingerprint density at radius 2 is 2.00 bits per heavy atom. The Kier molecular flexibility index (Phi) is 4.63. The minimum absolute atomic E-state index is 0.0566. The second kappa shape index (κ2) is 5.77. The Balaban J connectivity index is 2.36. The molecule has 0 saturated heterocycles. The van der Waals surface area contributed by atoms with Crippen LogP contribution in [0.4, 0.5) is 4.39 Å². The van der Waals surface area contributed by atoms with Gasteiger partial charge < -0.3 is 10.4 Å². The molecule has 0 heterocycles. The predicted octanol–water partition coefficient (Wildman–Crippen LogP) is 1.45. The van der Waals surface area contributed by atoms with Crippen molar-refractivity contribution in [3.8, 4) is 0 Å². The lowest BCUT2D eigenvalue weighted by molar-refractivity contribution is -0.131. The molecule has 0 aliphatic rings. The van der Waals surface area contributed by atoms with Crippen molar-refractivity contribution in [3.63, 3.8) is 0 Å². The second-order valence-corrected chi connectivity index (χ2v) is 4.53. The first-order chi connectivity index (χ1) is 7.89. The van der Waals surface area contributed by atoms with E-state index in [9.17, 15) is 14.3 Å². The maximum atomic E-state index is 13.2. The van der Waals surface area contributed by atoms with Crippen LogP contribution in [0.15, 0.2) is 30.3 Å².